The zero-order chi connectivity index (χ0) is 14.8. The summed E-state index contributed by atoms with van der Waals surface area (Å²) >= 11 is 0. The lowest BCUT2D eigenvalue weighted by molar-refractivity contribution is 0.0604. The first kappa shape index (κ1) is 16.5. The first-order chi connectivity index (χ1) is 9.56. The number of hydrogen-bond acceptors (Lipinski definition) is 3. The van der Waals surface area contributed by atoms with Gasteiger partial charge >= 0.3 is 6.16 Å². The van der Waals surface area contributed by atoms with Crippen LogP contribution in [-0.4, -0.2) is 27.4 Å². The van der Waals surface area contributed by atoms with Crippen LogP contribution in [0.25, 0.3) is 0 Å². The van der Waals surface area contributed by atoms with E-state index in [0.717, 1.165) is 12.5 Å². The van der Waals surface area contributed by atoms with E-state index < -0.39 is 14.2 Å². The fraction of sp³-hybridized carbons (Fsp3) is 0.438. The molecule has 0 heterocycles. The van der Waals surface area contributed by atoms with Crippen molar-refractivity contribution in [2.24, 2.45) is 0 Å². The molecule has 0 radical (unpaired) electrons. The summed E-state index contributed by atoms with van der Waals surface area (Å²) in [6, 6.07) is 11.8. The minimum atomic E-state index is -1.39. The average Bonchev–Trinajstić information content (AvgIpc) is 2.44. The maximum absolute atomic E-state index is 11.0. The van der Waals surface area contributed by atoms with Gasteiger partial charge in [-0.05, 0) is 19.4 Å². The molecule has 0 aliphatic carbocycles. The van der Waals surface area contributed by atoms with E-state index in [1.165, 1.54) is 5.19 Å². The highest BCUT2D eigenvalue weighted by molar-refractivity contribution is 6.90. The second-order valence-electron chi connectivity index (χ2n) is 5.25. The normalized spacial score (nSPS) is 11.6. The zero-order valence-corrected chi connectivity index (χ0v) is 13.6. The highest BCUT2D eigenvalue weighted by Crippen LogP contribution is 2.10. The Morgan fingerprint density at radius 1 is 1.15 bits per heavy atom. The molecule has 4 heteroatoms. The molecule has 0 aliphatic heterocycles. The molecule has 0 saturated carbocycles. The fourth-order valence-electron chi connectivity index (χ4n) is 1.87. The molecule has 0 aliphatic rings. The predicted octanol–water partition coefficient (Wildman–Crippen LogP) is 3.72. The molecule has 0 bridgehead atoms. The van der Waals surface area contributed by atoms with E-state index in [1.54, 1.807) is 6.92 Å². The second kappa shape index (κ2) is 8.58. The van der Waals surface area contributed by atoms with Gasteiger partial charge in [0.1, 0.15) is 0 Å². The molecule has 0 fully saturated rings. The third-order valence-electron chi connectivity index (χ3n) is 3.12. The van der Waals surface area contributed by atoms with Gasteiger partial charge in [-0.15, -0.1) is 0 Å². The molecular formula is C16H24O3Si. The Hall–Kier alpha value is -1.55. The van der Waals surface area contributed by atoms with Crippen molar-refractivity contribution in [2.75, 3.05) is 13.2 Å². The number of carbonyl (C=O) groups is 1. The molecule has 1 aromatic rings. The lowest BCUT2D eigenvalue weighted by Gasteiger charge is -2.20. The summed E-state index contributed by atoms with van der Waals surface area (Å²) in [5.41, 5.74) is 0. The van der Waals surface area contributed by atoms with E-state index in [2.05, 4.69) is 60.3 Å². The van der Waals surface area contributed by atoms with Crippen molar-refractivity contribution in [1.82, 2.24) is 0 Å². The summed E-state index contributed by atoms with van der Waals surface area (Å²) in [7, 11) is -1.39. The quantitative estimate of drug-likeness (QED) is 0.332. The molecule has 0 atom stereocenters. The topological polar surface area (TPSA) is 35.5 Å². The molecule has 3 nitrogen and oxygen atoms in total. The molecule has 0 spiro atoms. The predicted molar refractivity (Wildman–Crippen MR) is 85.1 cm³/mol. The number of rotatable bonds is 7. The summed E-state index contributed by atoms with van der Waals surface area (Å²) in [5, 5.41) is 1.47. The van der Waals surface area contributed by atoms with Gasteiger partial charge in [-0.3, -0.25) is 0 Å². The van der Waals surface area contributed by atoms with Crippen molar-refractivity contribution in [3.8, 4) is 0 Å². The minimum Gasteiger partial charge on any atom is -0.435 e. The van der Waals surface area contributed by atoms with Crippen LogP contribution in [0.1, 0.15) is 13.3 Å². The smallest absolute Gasteiger partial charge is 0.435 e. The van der Waals surface area contributed by atoms with Crippen LogP contribution >= 0.6 is 0 Å². The Kier molecular flexibility index (Phi) is 7.08. The first-order valence-corrected chi connectivity index (χ1v) is 10.3. The van der Waals surface area contributed by atoms with Crippen LogP contribution < -0.4 is 5.19 Å². The van der Waals surface area contributed by atoms with Gasteiger partial charge in [0.05, 0.1) is 21.3 Å². The number of benzene rings is 1. The van der Waals surface area contributed by atoms with E-state index in [4.69, 9.17) is 4.74 Å². The van der Waals surface area contributed by atoms with Crippen molar-refractivity contribution in [3.05, 3.63) is 42.5 Å². The van der Waals surface area contributed by atoms with Crippen LogP contribution in [0.15, 0.2) is 42.5 Å². The molecule has 110 valence electrons. The summed E-state index contributed by atoms with van der Waals surface area (Å²) < 4.78 is 9.58. The molecule has 0 amide bonds. The summed E-state index contributed by atoms with van der Waals surface area (Å²) in [6.45, 7) is 7.22. The van der Waals surface area contributed by atoms with Gasteiger partial charge in [-0.25, -0.2) is 4.79 Å². The molecule has 20 heavy (non-hydrogen) atoms. The molecule has 0 N–H and O–H groups in total. The van der Waals surface area contributed by atoms with Gasteiger partial charge in [-0.2, -0.15) is 0 Å². The molecule has 0 unspecified atom stereocenters. The van der Waals surface area contributed by atoms with Crippen LogP contribution in [0.4, 0.5) is 4.79 Å². The summed E-state index contributed by atoms with van der Waals surface area (Å²) in [6.07, 6.45) is 4.43. The van der Waals surface area contributed by atoms with Crippen molar-refractivity contribution in [1.29, 1.82) is 0 Å². The summed E-state index contributed by atoms with van der Waals surface area (Å²) in [4.78, 5) is 11.0. The lowest BCUT2D eigenvalue weighted by atomic mass is 10.4. The Labute approximate surface area is 122 Å². The Morgan fingerprint density at radius 3 is 2.50 bits per heavy atom. The molecule has 0 aromatic heterocycles. The second-order valence-corrected chi connectivity index (χ2v) is 10.00. The Balaban J connectivity index is 2.29. The minimum absolute atomic E-state index is 0.353. The lowest BCUT2D eigenvalue weighted by Crippen LogP contribution is -2.40. The average molecular weight is 292 g/mol. The summed E-state index contributed by atoms with van der Waals surface area (Å²) in [5.74, 6) is 0. The third kappa shape index (κ3) is 6.06. The van der Waals surface area contributed by atoms with E-state index in [9.17, 15) is 4.79 Å². The maximum Gasteiger partial charge on any atom is 0.508 e. The van der Waals surface area contributed by atoms with Gasteiger partial charge in [0.25, 0.3) is 0 Å². The van der Waals surface area contributed by atoms with E-state index >= 15 is 0 Å². The van der Waals surface area contributed by atoms with Gasteiger partial charge in [0.2, 0.25) is 0 Å². The van der Waals surface area contributed by atoms with Crippen LogP contribution in [-0.2, 0) is 9.47 Å². The van der Waals surface area contributed by atoms with Gasteiger partial charge < -0.3 is 9.47 Å². The van der Waals surface area contributed by atoms with Crippen LogP contribution in [0, 0.1) is 0 Å². The standard InChI is InChI=1S/C16H24O3Si/c1-4-18-16(17)19-13-9-6-10-14-20(2,3)15-11-7-5-8-12-15/h5-8,10-12H,4,9,13-14H2,1-3H3/b10-6+. The monoisotopic (exact) mass is 292 g/mol. The number of hydrogen-bond donors (Lipinski definition) is 0. The zero-order valence-electron chi connectivity index (χ0n) is 12.6. The van der Waals surface area contributed by atoms with Crippen LogP contribution in [0.3, 0.4) is 0 Å². The largest absolute Gasteiger partial charge is 0.508 e. The molecule has 0 saturated heterocycles. The van der Waals surface area contributed by atoms with Gasteiger partial charge in [0.15, 0.2) is 0 Å². The first-order valence-electron chi connectivity index (χ1n) is 7.06. The van der Waals surface area contributed by atoms with Gasteiger partial charge in [0, 0.05) is 0 Å². The SMILES string of the molecule is CCOC(=O)OCC/C=C/C[Si](C)(C)c1ccccc1. The number of ether oxygens (including phenoxy) is 2. The number of carbonyl (C=O) groups excluding carboxylic acids is 1. The van der Waals surface area contributed by atoms with Gasteiger partial charge in [-0.1, -0.05) is 60.8 Å². The Bertz CT molecular complexity index is 427. The van der Waals surface area contributed by atoms with E-state index in [-0.39, 0.29) is 0 Å². The van der Waals surface area contributed by atoms with Crippen LogP contribution in [0.2, 0.25) is 19.1 Å². The van der Waals surface area contributed by atoms with E-state index in [0.29, 0.717) is 13.2 Å². The van der Waals surface area contributed by atoms with Crippen molar-refractivity contribution >= 4 is 19.4 Å². The van der Waals surface area contributed by atoms with Crippen LogP contribution in [0.5, 0.6) is 0 Å². The highest BCUT2D eigenvalue weighted by atomic mass is 28.3. The third-order valence-corrected chi connectivity index (χ3v) is 6.27. The van der Waals surface area contributed by atoms with Crippen molar-refractivity contribution in [3.63, 3.8) is 0 Å². The molecule has 1 aromatic carbocycles. The Morgan fingerprint density at radius 2 is 1.85 bits per heavy atom. The maximum atomic E-state index is 11.0. The molecule has 1 rings (SSSR count). The number of allylic oxidation sites excluding steroid dienone is 1. The van der Waals surface area contributed by atoms with E-state index in [1.807, 2.05) is 0 Å². The van der Waals surface area contributed by atoms with Crippen molar-refractivity contribution in [2.45, 2.75) is 32.5 Å². The molecular weight excluding hydrogens is 268 g/mol. The van der Waals surface area contributed by atoms with Crippen molar-refractivity contribution < 1.29 is 14.3 Å². The fourth-order valence-corrected chi connectivity index (χ4v) is 3.96. The highest BCUT2D eigenvalue weighted by Gasteiger charge is 2.20.